The van der Waals surface area contributed by atoms with E-state index in [0.29, 0.717) is 10.8 Å². The lowest BCUT2D eigenvalue weighted by Gasteiger charge is -2.41. The fraction of sp³-hybridized carbons (Fsp3) is 0.364. The molecule has 2 aliphatic heterocycles. The molecule has 0 atom stereocenters. The number of hydrogen-bond acceptors (Lipinski definition) is 3. The summed E-state index contributed by atoms with van der Waals surface area (Å²) in [4.78, 5) is 13.7. The van der Waals surface area contributed by atoms with Gasteiger partial charge in [-0.1, -0.05) is 11.6 Å². The van der Waals surface area contributed by atoms with Crippen LogP contribution in [0.25, 0.3) is 0 Å². The van der Waals surface area contributed by atoms with E-state index < -0.39 is 0 Å². The first-order valence-corrected chi connectivity index (χ1v) is 6.48. The first-order chi connectivity index (χ1) is 8.16. The van der Waals surface area contributed by atoms with Crippen molar-refractivity contribution in [3.8, 4) is 5.75 Å². The number of nitrogens with one attached hydrogen (secondary N) is 1. The Balaban J connectivity index is 2.09. The van der Waals surface area contributed by atoms with E-state index in [1.54, 1.807) is 17.0 Å². The highest BCUT2D eigenvalue weighted by Gasteiger charge is 2.36. The number of ether oxygens (including phenoxy) is 1. The van der Waals surface area contributed by atoms with Gasteiger partial charge in [0.1, 0.15) is 11.4 Å². The van der Waals surface area contributed by atoms with Crippen LogP contribution in [0, 0.1) is 0 Å². The molecule has 0 bridgehead atoms. The zero-order chi connectivity index (χ0) is 12.0. The van der Waals surface area contributed by atoms with Crippen molar-refractivity contribution < 1.29 is 9.53 Å². The fourth-order valence-electron chi connectivity index (χ4n) is 2.06. The summed E-state index contributed by atoms with van der Waals surface area (Å²) in [5, 5.41) is 3.76. The molecule has 1 saturated heterocycles. The van der Waals surface area contributed by atoms with Crippen molar-refractivity contribution in [2.24, 2.45) is 0 Å². The minimum Gasteiger partial charge on any atom is -0.481 e. The minimum atomic E-state index is -0.00739. The highest BCUT2D eigenvalue weighted by atomic mass is 79.9. The van der Waals surface area contributed by atoms with Gasteiger partial charge in [-0.15, -0.1) is 0 Å². The molecule has 0 aliphatic carbocycles. The van der Waals surface area contributed by atoms with Crippen LogP contribution in [-0.2, 0) is 4.79 Å². The number of nitrogens with zero attached hydrogens (tertiary/aromatic N) is 1. The molecule has 0 unspecified atom stereocenters. The standard InChI is InChI=1S/C11H10BrClN2O2/c12-8-1-6(13)2-9-11(8)15(7-3-14-4-7)10(16)5-17-9/h1-2,7,14H,3-5H2. The second-order valence-electron chi connectivity index (χ2n) is 4.10. The zero-order valence-electron chi connectivity index (χ0n) is 8.87. The summed E-state index contributed by atoms with van der Waals surface area (Å²) in [6.45, 7) is 1.72. The van der Waals surface area contributed by atoms with Gasteiger partial charge in [-0.3, -0.25) is 9.69 Å². The monoisotopic (exact) mass is 316 g/mol. The van der Waals surface area contributed by atoms with Gasteiger partial charge < -0.3 is 10.1 Å². The van der Waals surface area contributed by atoms with E-state index in [0.717, 1.165) is 23.2 Å². The maximum atomic E-state index is 11.9. The summed E-state index contributed by atoms with van der Waals surface area (Å²) in [6, 6.07) is 3.73. The predicted molar refractivity (Wildman–Crippen MR) is 68.8 cm³/mol. The molecule has 2 aliphatic rings. The van der Waals surface area contributed by atoms with Crippen molar-refractivity contribution in [1.82, 2.24) is 5.32 Å². The Bertz CT molecular complexity index is 491. The summed E-state index contributed by atoms with van der Waals surface area (Å²) >= 11 is 9.41. The van der Waals surface area contributed by atoms with Crippen LogP contribution in [0.1, 0.15) is 0 Å². The molecule has 2 heterocycles. The lowest BCUT2D eigenvalue weighted by molar-refractivity contribution is -0.122. The molecule has 1 aromatic carbocycles. The molecule has 90 valence electrons. The second kappa shape index (κ2) is 4.15. The molecule has 4 nitrogen and oxygen atoms in total. The van der Waals surface area contributed by atoms with Crippen LogP contribution in [0.2, 0.25) is 5.02 Å². The summed E-state index contributed by atoms with van der Waals surface area (Å²) in [5.41, 5.74) is 0.789. The normalized spacial score (nSPS) is 19.6. The lowest BCUT2D eigenvalue weighted by atomic mass is 10.1. The van der Waals surface area contributed by atoms with Gasteiger partial charge in [-0.2, -0.15) is 0 Å². The van der Waals surface area contributed by atoms with E-state index in [1.165, 1.54) is 0 Å². The highest BCUT2D eigenvalue weighted by Crippen LogP contribution is 2.42. The summed E-state index contributed by atoms with van der Waals surface area (Å²) in [6.07, 6.45) is 0. The largest absolute Gasteiger partial charge is 0.481 e. The summed E-state index contributed by atoms with van der Waals surface area (Å²) < 4.78 is 6.21. The fourth-order valence-corrected chi connectivity index (χ4v) is 3.04. The number of rotatable bonds is 1. The maximum absolute atomic E-state index is 11.9. The van der Waals surface area contributed by atoms with Gasteiger partial charge in [0.25, 0.3) is 5.91 Å². The molecule has 17 heavy (non-hydrogen) atoms. The number of carbonyl (C=O) groups is 1. The molecule has 6 heteroatoms. The third-order valence-corrected chi connectivity index (χ3v) is 3.80. The predicted octanol–water partition coefficient (Wildman–Crippen LogP) is 1.80. The highest BCUT2D eigenvalue weighted by molar-refractivity contribution is 9.10. The molecule has 0 saturated carbocycles. The van der Waals surface area contributed by atoms with Gasteiger partial charge >= 0.3 is 0 Å². The average Bonchev–Trinajstić information content (AvgIpc) is 2.19. The number of halogens is 2. The van der Waals surface area contributed by atoms with Gasteiger partial charge in [0.15, 0.2) is 6.61 Å². The van der Waals surface area contributed by atoms with Gasteiger partial charge in [0.05, 0.1) is 6.04 Å². The average molecular weight is 318 g/mol. The minimum absolute atomic E-state index is 0.00739. The molecule has 3 rings (SSSR count). The van der Waals surface area contributed by atoms with Crippen LogP contribution in [0.4, 0.5) is 5.69 Å². The number of carbonyl (C=O) groups excluding carboxylic acids is 1. The van der Waals surface area contributed by atoms with Crippen molar-refractivity contribution in [1.29, 1.82) is 0 Å². The summed E-state index contributed by atoms with van der Waals surface area (Å²) in [5.74, 6) is 0.655. The van der Waals surface area contributed by atoms with E-state index in [2.05, 4.69) is 21.2 Å². The number of fused-ring (bicyclic) bond motifs is 1. The van der Waals surface area contributed by atoms with E-state index in [1.807, 2.05) is 0 Å². The third kappa shape index (κ3) is 1.82. The van der Waals surface area contributed by atoms with Crippen LogP contribution in [0.3, 0.4) is 0 Å². The molecule has 0 radical (unpaired) electrons. The Morgan fingerprint density at radius 2 is 2.24 bits per heavy atom. The molecule has 0 aromatic heterocycles. The van der Waals surface area contributed by atoms with Gasteiger partial charge in [-0.25, -0.2) is 0 Å². The second-order valence-corrected chi connectivity index (χ2v) is 5.39. The summed E-state index contributed by atoms with van der Waals surface area (Å²) in [7, 11) is 0. The number of hydrogen-bond donors (Lipinski definition) is 1. The van der Waals surface area contributed by atoms with Gasteiger partial charge in [-0.05, 0) is 22.0 Å². The zero-order valence-corrected chi connectivity index (χ0v) is 11.2. The topological polar surface area (TPSA) is 41.6 Å². The Morgan fingerprint density at radius 3 is 2.88 bits per heavy atom. The van der Waals surface area contributed by atoms with Crippen molar-refractivity contribution in [2.45, 2.75) is 6.04 Å². The van der Waals surface area contributed by atoms with E-state index in [-0.39, 0.29) is 18.6 Å². The van der Waals surface area contributed by atoms with Crippen LogP contribution >= 0.6 is 27.5 Å². The van der Waals surface area contributed by atoms with Gasteiger partial charge in [0.2, 0.25) is 0 Å². The first kappa shape index (κ1) is 11.3. The quantitative estimate of drug-likeness (QED) is 0.859. The van der Waals surface area contributed by atoms with E-state index in [4.69, 9.17) is 16.3 Å². The van der Waals surface area contributed by atoms with Crippen molar-refractivity contribution in [3.05, 3.63) is 21.6 Å². The smallest absolute Gasteiger partial charge is 0.265 e. The maximum Gasteiger partial charge on any atom is 0.265 e. The molecule has 1 N–H and O–H groups in total. The molecule has 1 fully saturated rings. The van der Waals surface area contributed by atoms with Crippen LogP contribution < -0.4 is 15.0 Å². The first-order valence-electron chi connectivity index (χ1n) is 5.31. The molecule has 1 aromatic rings. The molecular weight excluding hydrogens is 307 g/mol. The third-order valence-electron chi connectivity index (χ3n) is 2.98. The molecule has 0 spiro atoms. The Labute approximate surface area is 112 Å². The van der Waals surface area contributed by atoms with Crippen LogP contribution in [0.5, 0.6) is 5.75 Å². The number of anilines is 1. The lowest BCUT2D eigenvalue weighted by Crippen LogP contribution is -2.61. The van der Waals surface area contributed by atoms with Crippen LogP contribution in [-0.4, -0.2) is 31.6 Å². The Morgan fingerprint density at radius 1 is 1.47 bits per heavy atom. The van der Waals surface area contributed by atoms with Crippen molar-refractivity contribution >= 4 is 39.1 Å². The SMILES string of the molecule is O=C1COc2cc(Cl)cc(Br)c2N1C1CNC1. The molecule has 1 amide bonds. The Hall–Kier alpha value is -0.780. The Kier molecular flexibility index (Phi) is 2.77. The van der Waals surface area contributed by atoms with E-state index >= 15 is 0 Å². The molecular formula is C11H10BrClN2O2. The number of amides is 1. The van der Waals surface area contributed by atoms with Gasteiger partial charge in [0, 0.05) is 28.7 Å². The number of benzene rings is 1. The van der Waals surface area contributed by atoms with E-state index in [9.17, 15) is 4.79 Å². The van der Waals surface area contributed by atoms with Crippen molar-refractivity contribution in [2.75, 3.05) is 24.6 Å². The van der Waals surface area contributed by atoms with Crippen LogP contribution in [0.15, 0.2) is 16.6 Å². The van der Waals surface area contributed by atoms with Crippen molar-refractivity contribution in [3.63, 3.8) is 0 Å².